The fourth-order valence-electron chi connectivity index (χ4n) is 5.02. The van der Waals surface area contributed by atoms with E-state index in [-0.39, 0.29) is 17.4 Å². The monoisotopic (exact) mass is 438 g/mol. The van der Waals surface area contributed by atoms with Crippen molar-refractivity contribution in [3.8, 4) is 5.75 Å². The molecule has 2 aliphatic rings. The second kappa shape index (κ2) is 9.76. The number of nitrogens with one attached hydrogen (secondary N) is 2. The van der Waals surface area contributed by atoms with Crippen LogP contribution in [0.25, 0.3) is 0 Å². The second-order valence-electron chi connectivity index (χ2n) is 9.29. The third-order valence-electron chi connectivity index (χ3n) is 6.96. The molecule has 2 aromatic rings. The molecule has 1 saturated heterocycles. The molecular weight excluding hydrogens is 404 g/mol. The van der Waals surface area contributed by atoms with Crippen molar-refractivity contribution in [2.75, 3.05) is 14.2 Å². The zero-order valence-electron chi connectivity index (χ0n) is 19.2. The summed E-state index contributed by atoms with van der Waals surface area (Å²) in [5.74, 6) is 0.968. The Morgan fingerprint density at radius 3 is 2.66 bits per heavy atom. The van der Waals surface area contributed by atoms with E-state index in [4.69, 9.17) is 4.74 Å². The van der Waals surface area contributed by atoms with Crippen molar-refractivity contribution in [1.29, 1.82) is 0 Å². The van der Waals surface area contributed by atoms with E-state index in [9.17, 15) is 9.59 Å². The van der Waals surface area contributed by atoms with Crippen LogP contribution in [0.4, 0.5) is 0 Å². The molecule has 1 aliphatic carbocycles. The molecule has 0 spiro atoms. The standard InChI is InChI=1S/C25H34N4O3/c1-29(17-22-20-6-4-3-5-7-21(20)27-28-22)24(31)13-15-25(14-12-23(30)26-25)16-18-8-10-19(32-2)11-9-18/h8-11H,3-7,12-17H2,1-2H3,(H,26,30)(H,27,28). The second-order valence-corrected chi connectivity index (χ2v) is 9.29. The molecule has 172 valence electrons. The molecule has 0 radical (unpaired) electrons. The van der Waals surface area contributed by atoms with Gasteiger partial charge in [0.2, 0.25) is 11.8 Å². The topological polar surface area (TPSA) is 87.3 Å². The summed E-state index contributed by atoms with van der Waals surface area (Å²) in [6.07, 6.45) is 8.74. The lowest BCUT2D eigenvalue weighted by Crippen LogP contribution is -2.44. The summed E-state index contributed by atoms with van der Waals surface area (Å²) < 4.78 is 5.24. The number of aryl methyl sites for hydroxylation is 1. The molecule has 2 N–H and O–H groups in total. The van der Waals surface area contributed by atoms with E-state index in [1.54, 1.807) is 12.0 Å². The van der Waals surface area contributed by atoms with Crippen molar-refractivity contribution >= 4 is 11.8 Å². The van der Waals surface area contributed by atoms with Crippen LogP contribution in [-0.4, -0.2) is 46.6 Å². The number of benzene rings is 1. The van der Waals surface area contributed by atoms with E-state index in [1.165, 1.54) is 30.5 Å². The van der Waals surface area contributed by atoms with Gasteiger partial charge in [-0.05, 0) is 68.2 Å². The van der Waals surface area contributed by atoms with Crippen LogP contribution in [0.15, 0.2) is 24.3 Å². The minimum absolute atomic E-state index is 0.0681. The molecule has 2 heterocycles. The van der Waals surface area contributed by atoms with E-state index in [2.05, 4.69) is 15.5 Å². The molecule has 7 nitrogen and oxygen atoms in total. The molecule has 1 aliphatic heterocycles. The predicted octanol–water partition coefficient (Wildman–Crippen LogP) is 3.32. The summed E-state index contributed by atoms with van der Waals surface area (Å²) in [5, 5.41) is 10.9. The Bertz CT molecular complexity index is 953. The molecule has 0 bridgehead atoms. The molecule has 4 rings (SSSR count). The zero-order valence-corrected chi connectivity index (χ0v) is 19.2. The minimum atomic E-state index is -0.369. The van der Waals surface area contributed by atoms with Gasteiger partial charge in [-0.3, -0.25) is 14.7 Å². The molecule has 1 atom stereocenters. The number of aromatic nitrogens is 2. The van der Waals surface area contributed by atoms with Gasteiger partial charge < -0.3 is 15.0 Å². The van der Waals surface area contributed by atoms with E-state index in [0.717, 1.165) is 36.3 Å². The highest BCUT2D eigenvalue weighted by Gasteiger charge is 2.38. The van der Waals surface area contributed by atoms with E-state index >= 15 is 0 Å². The van der Waals surface area contributed by atoms with Crippen LogP contribution in [-0.2, 0) is 35.4 Å². The first-order valence-corrected chi connectivity index (χ1v) is 11.7. The largest absolute Gasteiger partial charge is 0.497 e. The zero-order chi connectivity index (χ0) is 22.6. The number of aromatic amines is 1. The van der Waals surface area contributed by atoms with Gasteiger partial charge in [-0.15, -0.1) is 0 Å². The third-order valence-corrected chi connectivity index (χ3v) is 6.96. The number of carbonyl (C=O) groups is 2. The van der Waals surface area contributed by atoms with Crippen LogP contribution in [0.1, 0.15) is 67.5 Å². The van der Waals surface area contributed by atoms with Crippen LogP contribution >= 0.6 is 0 Å². The molecule has 2 amide bonds. The first kappa shape index (κ1) is 22.4. The van der Waals surface area contributed by atoms with Crippen LogP contribution in [0.3, 0.4) is 0 Å². The number of H-pyrrole nitrogens is 1. The molecular formula is C25H34N4O3. The molecule has 1 aromatic heterocycles. The summed E-state index contributed by atoms with van der Waals surface area (Å²) in [4.78, 5) is 26.8. The van der Waals surface area contributed by atoms with E-state index < -0.39 is 0 Å². The Kier molecular flexibility index (Phi) is 6.82. The number of rotatable bonds is 8. The first-order valence-electron chi connectivity index (χ1n) is 11.7. The van der Waals surface area contributed by atoms with Crippen LogP contribution in [0, 0.1) is 0 Å². The van der Waals surface area contributed by atoms with Crippen molar-refractivity contribution in [2.24, 2.45) is 0 Å². The number of amides is 2. The summed E-state index contributed by atoms with van der Waals surface area (Å²) in [5.41, 5.74) is 4.31. The fourth-order valence-corrected chi connectivity index (χ4v) is 5.02. The lowest BCUT2D eigenvalue weighted by Gasteiger charge is -2.30. The Balaban J connectivity index is 1.38. The average Bonchev–Trinajstić information content (AvgIpc) is 3.26. The Morgan fingerprint density at radius 2 is 1.94 bits per heavy atom. The number of fused-ring (bicyclic) bond motifs is 1. The van der Waals surface area contributed by atoms with Crippen molar-refractivity contribution in [3.63, 3.8) is 0 Å². The maximum atomic E-state index is 13.0. The number of hydrogen-bond acceptors (Lipinski definition) is 4. The number of carbonyl (C=O) groups excluding carboxylic acids is 2. The Labute approximate surface area is 189 Å². The normalized spacial score (nSPS) is 20.4. The number of ether oxygens (including phenoxy) is 1. The quantitative estimate of drug-likeness (QED) is 0.619. The van der Waals surface area contributed by atoms with E-state index in [0.29, 0.717) is 32.2 Å². The number of methoxy groups -OCH3 is 1. The van der Waals surface area contributed by atoms with Gasteiger partial charge in [-0.25, -0.2) is 0 Å². The lowest BCUT2D eigenvalue weighted by molar-refractivity contribution is -0.131. The Hall–Kier alpha value is -2.83. The van der Waals surface area contributed by atoms with Crippen LogP contribution in [0.2, 0.25) is 0 Å². The van der Waals surface area contributed by atoms with Gasteiger partial charge in [0, 0.05) is 31.1 Å². The highest BCUT2D eigenvalue weighted by molar-refractivity contribution is 5.80. The van der Waals surface area contributed by atoms with Gasteiger partial charge in [-0.1, -0.05) is 18.6 Å². The Morgan fingerprint density at radius 1 is 1.16 bits per heavy atom. The maximum absolute atomic E-state index is 13.0. The van der Waals surface area contributed by atoms with Gasteiger partial charge in [0.05, 0.1) is 19.3 Å². The molecule has 1 aromatic carbocycles. The van der Waals surface area contributed by atoms with E-state index in [1.807, 2.05) is 31.3 Å². The van der Waals surface area contributed by atoms with Gasteiger partial charge >= 0.3 is 0 Å². The molecule has 7 heteroatoms. The van der Waals surface area contributed by atoms with Gasteiger partial charge in [0.25, 0.3) is 0 Å². The summed E-state index contributed by atoms with van der Waals surface area (Å²) in [6.45, 7) is 0.530. The van der Waals surface area contributed by atoms with Gasteiger partial charge in [0.1, 0.15) is 5.75 Å². The highest BCUT2D eigenvalue weighted by Crippen LogP contribution is 2.30. The predicted molar refractivity (Wildman–Crippen MR) is 122 cm³/mol. The smallest absolute Gasteiger partial charge is 0.222 e. The van der Waals surface area contributed by atoms with Crippen LogP contribution < -0.4 is 10.1 Å². The first-order chi connectivity index (χ1) is 15.5. The fraction of sp³-hybridized carbons (Fsp3) is 0.560. The molecule has 1 fully saturated rings. The summed E-state index contributed by atoms with van der Waals surface area (Å²) >= 11 is 0. The number of hydrogen-bond donors (Lipinski definition) is 2. The maximum Gasteiger partial charge on any atom is 0.222 e. The lowest BCUT2D eigenvalue weighted by atomic mass is 9.85. The highest BCUT2D eigenvalue weighted by atomic mass is 16.5. The van der Waals surface area contributed by atoms with Gasteiger partial charge in [0.15, 0.2) is 0 Å². The van der Waals surface area contributed by atoms with Crippen molar-refractivity contribution < 1.29 is 14.3 Å². The minimum Gasteiger partial charge on any atom is -0.497 e. The third kappa shape index (κ3) is 5.14. The van der Waals surface area contributed by atoms with Crippen molar-refractivity contribution in [2.45, 2.75) is 76.3 Å². The molecule has 0 saturated carbocycles. The van der Waals surface area contributed by atoms with Gasteiger partial charge in [-0.2, -0.15) is 5.10 Å². The molecule has 32 heavy (non-hydrogen) atoms. The summed E-state index contributed by atoms with van der Waals surface area (Å²) in [6, 6.07) is 7.93. The van der Waals surface area contributed by atoms with Crippen molar-refractivity contribution in [1.82, 2.24) is 20.4 Å². The molecule has 1 unspecified atom stereocenters. The summed E-state index contributed by atoms with van der Waals surface area (Å²) in [7, 11) is 3.50. The van der Waals surface area contributed by atoms with Crippen LogP contribution in [0.5, 0.6) is 5.75 Å². The van der Waals surface area contributed by atoms with Crippen molar-refractivity contribution in [3.05, 3.63) is 46.8 Å². The SMILES string of the molecule is COc1ccc(CC2(CCC(=O)N(C)Cc3n[nH]c4c3CCCCC4)CCC(=O)N2)cc1. The number of nitrogens with zero attached hydrogens (tertiary/aromatic N) is 2. The average molecular weight is 439 g/mol.